The van der Waals surface area contributed by atoms with Gasteiger partial charge in [0.2, 0.25) is 29.5 Å². The van der Waals surface area contributed by atoms with Gasteiger partial charge in [0.05, 0.1) is 6.54 Å². The van der Waals surface area contributed by atoms with Gasteiger partial charge in [-0.1, -0.05) is 86.6 Å². The smallest absolute Gasteiger partial charge is 0.408 e. The van der Waals surface area contributed by atoms with Crippen LogP contribution in [-0.2, 0) is 53.0 Å². The Bertz CT molecular complexity index is 1970. The standard InChI is InChI=1S/C43H57N9O10/c1-26(2)21-33(39(57)50-32(41(59)60)15-10-20-46-42(44)45)51-40(58)34(22-28-11-6-4-7-12-28)49-36(54)24-47-37(55)27(3)48-38(56)35(23-29-16-18-31(53)19-17-29)52-43(61)62-25-30-13-8-5-9-14-30/h4-9,11-14,16-19,26-27,32-35,53H,10,15,20-25H2,1-3H3,(H,47,55)(H,48,56)(H,49,54)(H,50,57)(H,51,58)(H,52,61)(H,59,60)(H4,44,45,46)/t27-,32+,33+,34+,35+/m1/s1. The average molecular weight is 860 g/mol. The molecule has 3 aromatic rings. The Hall–Kier alpha value is -7.18. The van der Waals surface area contributed by atoms with E-state index in [-0.39, 0.29) is 62.9 Å². The highest BCUT2D eigenvalue weighted by Gasteiger charge is 2.31. The number of ether oxygens (including phenoxy) is 1. The van der Waals surface area contributed by atoms with Gasteiger partial charge in [-0.15, -0.1) is 0 Å². The van der Waals surface area contributed by atoms with Gasteiger partial charge >= 0.3 is 12.1 Å². The maximum atomic E-state index is 13.8. The van der Waals surface area contributed by atoms with Crippen LogP contribution in [0.25, 0.3) is 0 Å². The zero-order valence-corrected chi connectivity index (χ0v) is 34.9. The van der Waals surface area contributed by atoms with E-state index < -0.39 is 78.4 Å². The zero-order valence-electron chi connectivity index (χ0n) is 34.9. The van der Waals surface area contributed by atoms with Crippen molar-refractivity contribution in [2.24, 2.45) is 11.7 Å². The molecule has 0 aliphatic carbocycles. The molecule has 0 saturated carbocycles. The minimum Gasteiger partial charge on any atom is -0.508 e. The predicted molar refractivity (Wildman–Crippen MR) is 228 cm³/mol. The van der Waals surface area contributed by atoms with Crippen molar-refractivity contribution >= 4 is 47.6 Å². The van der Waals surface area contributed by atoms with Crippen LogP contribution in [-0.4, -0.2) is 101 Å². The summed E-state index contributed by atoms with van der Waals surface area (Å²) >= 11 is 0. The fraction of sp³-hybridized carbons (Fsp3) is 0.395. The molecule has 0 fully saturated rings. The Labute approximate surface area is 359 Å². The normalized spacial score (nSPS) is 13.2. The highest BCUT2D eigenvalue weighted by Crippen LogP contribution is 2.13. The number of aliphatic carboxylic acids is 1. The van der Waals surface area contributed by atoms with Crippen LogP contribution < -0.4 is 43.0 Å². The number of hydrogen-bond donors (Lipinski definition) is 11. The molecule has 0 spiro atoms. The lowest BCUT2D eigenvalue weighted by Crippen LogP contribution is -2.57. The molecule has 334 valence electrons. The molecule has 3 aromatic carbocycles. The number of phenols is 1. The van der Waals surface area contributed by atoms with E-state index in [1.165, 1.54) is 19.1 Å². The number of carbonyl (C=O) groups is 7. The highest BCUT2D eigenvalue weighted by molar-refractivity contribution is 5.95. The largest absolute Gasteiger partial charge is 0.508 e. The molecular formula is C43H57N9O10. The molecule has 3 rings (SSSR count). The fourth-order valence-corrected chi connectivity index (χ4v) is 6.02. The number of hydrogen-bond acceptors (Lipinski definition) is 10. The first kappa shape index (κ1) is 49.2. The Balaban J connectivity index is 1.65. The van der Waals surface area contributed by atoms with Gasteiger partial charge in [-0.2, -0.15) is 0 Å². The minimum absolute atomic E-state index is 0.00105. The summed E-state index contributed by atoms with van der Waals surface area (Å²) in [6.07, 6.45) is -0.470. The van der Waals surface area contributed by atoms with Crippen molar-refractivity contribution in [2.45, 2.75) is 89.7 Å². The van der Waals surface area contributed by atoms with Crippen LogP contribution >= 0.6 is 0 Å². The summed E-state index contributed by atoms with van der Waals surface area (Å²) in [6, 6.07) is 17.5. The summed E-state index contributed by atoms with van der Waals surface area (Å²) < 4.78 is 5.29. The molecule has 0 aromatic heterocycles. The third-order valence-corrected chi connectivity index (χ3v) is 9.25. The van der Waals surface area contributed by atoms with Crippen molar-refractivity contribution in [3.8, 4) is 5.75 Å². The highest BCUT2D eigenvalue weighted by atomic mass is 16.5. The van der Waals surface area contributed by atoms with Crippen LogP contribution in [0.3, 0.4) is 0 Å². The molecule has 0 heterocycles. The number of carboxylic acids is 1. The van der Waals surface area contributed by atoms with Gasteiger partial charge < -0.3 is 57.9 Å². The molecule has 0 bridgehead atoms. The first-order valence-electron chi connectivity index (χ1n) is 20.1. The monoisotopic (exact) mass is 859 g/mol. The van der Waals surface area contributed by atoms with Gasteiger partial charge in [0.15, 0.2) is 5.96 Å². The van der Waals surface area contributed by atoms with Gasteiger partial charge in [-0.25, -0.2) is 9.59 Å². The van der Waals surface area contributed by atoms with Gasteiger partial charge in [0, 0.05) is 19.4 Å². The van der Waals surface area contributed by atoms with E-state index in [2.05, 4.69) is 37.2 Å². The summed E-state index contributed by atoms with van der Waals surface area (Å²) in [5.74, 6) is -5.40. The predicted octanol–water partition coefficient (Wildman–Crippen LogP) is 0.942. The number of carboxylic acid groups (broad SMARTS) is 1. The van der Waals surface area contributed by atoms with E-state index in [9.17, 15) is 43.8 Å². The third-order valence-electron chi connectivity index (χ3n) is 9.25. The van der Waals surface area contributed by atoms with Crippen LogP contribution in [0.1, 0.15) is 56.7 Å². The lowest BCUT2D eigenvalue weighted by molar-refractivity contribution is -0.142. The second kappa shape index (κ2) is 25.4. The SMILES string of the molecule is CC(C)C[C@H](NC(=O)[C@H](Cc1ccccc1)NC(=O)CNC(=O)[C@@H](C)NC(=O)[C@H](Cc1ccc(O)cc1)NC(=O)OCc1ccccc1)C(=O)N[C@@H](CCCNC(=N)N)C(=O)O. The molecular weight excluding hydrogens is 803 g/mol. The van der Waals surface area contributed by atoms with Crippen LogP contribution in [0.2, 0.25) is 0 Å². The number of rotatable bonds is 24. The van der Waals surface area contributed by atoms with E-state index in [1.807, 2.05) is 19.9 Å². The van der Waals surface area contributed by atoms with Crippen LogP contribution in [0.15, 0.2) is 84.9 Å². The second-order valence-corrected chi connectivity index (χ2v) is 15.0. The van der Waals surface area contributed by atoms with Gasteiger partial charge in [-0.3, -0.25) is 29.4 Å². The number of aromatic hydroxyl groups is 1. The van der Waals surface area contributed by atoms with E-state index in [4.69, 9.17) is 15.9 Å². The van der Waals surface area contributed by atoms with Crippen LogP contribution in [0.5, 0.6) is 5.75 Å². The summed E-state index contributed by atoms with van der Waals surface area (Å²) in [4.78, 5) is 91.7. The number of amides is 6. The van der Waals surface area contributed by atoms with Crippen molar-refractivity contribution < 1.29 is 48.5 Å². The first-order chi connectivity index (χ1) is 29.5. The molecule has 12 N–H and O–H groups in total. The molecule has 0 aliphatic rings. The number of nitrogens with two attached hydrogens (primary N) is 1. The Morgan fingerprint density at radius 2 is 1.18 bits per heavy atom. The van der Waals surface area contributed by atoms with Crippen molar-refractivity contribution in [1.29, 1.82) is 5.41 Å². The van der Waals surface area contributed by atoms with E-state index >= 15 is 0 Å². The number of guanidine groups is 1. The molecule has 19 heteroatoms. The maximum absolute atomic E-state index is 13.8. The average Bonchev–Trinajstić information content (AvgIpc) is 3.23. The van der Waals surface area contributed by atoms with Crippen molar-refractivity contribution in [3.05, 3.63) is 102 Å². The van der Waals surface area contributed by atoms with Crippen LogP contribution in [0, 0.1) is 11.3 Å². The van der Waals surface area contributed by atoms with Crippen molar-refractivity contribution in [2.75, 3.05) is 13.1 Å². The molecule has 0 aliphatic heterocycles. The molecule has 19 nitrogen and oxygen atoms in total. The Morgan fingerprint density at radius 3 is 1.76 bits per heavy atom. The Kier molecular flexibility index (Phi) is 20.2. The molecule has 5 atom stereocenters. The Morgan fingerprint density at radius 1 is 0.645 bits per heavy atom. The van der Waals surface area contributed by atoms with Crippen LogP contribution in [0.4, 0.5) is 4.79 Å². The summed E-state index contributed by atoms with van der Waals surface area (Å²) in [5, 5.41) is 44.5. The number of alkyl carbamates (subject to hydrolysis) is 1. The summed E-state index contributed by atoms with van der Waals surface area (Å²) in [7, 11) is 0. The van der Waals surface area contributed by atoms with E-state index in [0.29, 0.717) is 11.1 Å². The summed E-state index contributed by atoms with van der Waals surface area (Å²) in [6.45, 7) is 4.56. The van der Waals surface area contributed by atoms with Gasteiger partial charge in [0.1, 0.15) is 42.6 Å². The topological polar surface area (TPSA) is 303 Å². The molecule has 0 radical (unpaired) electrons. The quantitative estimate of drug-likeness (QED) is 0.0341. The molecule has 6 amide bonds. The number of carbonyl (C=O) groups excluding carboxylic acids is 6. The number of benzene rings is 3. The molecule has 0 unspecified atom stereocenters. The van der Waals surface area contributed by atoms with Crippen molar-refractivity contribution in [1.82, 2.24) is 37.2 Å². The second-order valence-electron chi connectivity index (χ2n) is 15.0. The van der Waals surface area contributed by atoms with E-state index in [1.54, 1.807) is 66.7 Å². The minimum atomic E-state index is -1.29. The van der Waals surface area contributed by atoms with Gasteiger partial charge in [-0.05, 0) is 60.9 Å². The summed E-state index contributed by atoms with van der Waals surface area (Å²) in [5.41, 5.74) is 7.26. The lowest BCUT2D eigenvalue weighted by atomic mass is 10.0. The number of nitrogens with one attached hydrogen (secondary N) is 8. The third kappa shape index (κ3) is 18.4. The van der Waals surface area contributed by atoms with E-state index in [0.717, 1.165) is 5.56 Å². The lowest BCUT2D eigenvalue weighted by Gasteiger charge is -2.26. The molecule has 62 heavy (non-hydrogen) atoms. The zero-order chi connectivity index (χ0) is 45.6. The molecule has 0 saturated heterocycles. The maximum Gasteiger partial charge on any atom is 0.408 e. The number of phenolic OH excluding ortho intramolecular Hbond substituents is 1. The fourth-order valence-electron chi connectivity index (χ4n) is 6.02. The van der Waals surface area contributed by atoms with Crippen molar-refractivity contribution in [3.63, 3.8) is 0 Å². The van der Waals surface area contributed by atoms with Gasteiger partial charge in [0.25, 0.3) is 0 Å². The first-order valence-corrected chi connectivity index (χ1v) is 20.1.